The molecule has 0 aliphatic heterocycles. The van der Waals surface area contributed by atoms with Crippen LogP contribution in [-0.4, -0.2) is 38.0 Å². The highest BCUT2D eigenvalue weighted by molar-refractivity contribution is 7.99. The molecule has 2 heterocycles. The standard InChI is InChI=1S/C23H24N6OS/c1-15-7-6-10-18(13-15)29-21(24)20-16(2)27-28-22(20)26-23(29)31-14-19(30)25-12-11-17-8-4-3-5-9-17/h3-10,13,24H,11-12,14H2,1-2H3,(H,25,30)(H,27,28). The van der Waals surface area contributed by atoms with Crippen molar-refractivity contribution in [2.75, 3.05) is 12.3 Å². The predicted molar refractivity (Wildman–Crippen MR) is 122 cm³/mol. The molecule has 7 nitrogen and oxygen atoms in total. The van der Waals surface area contributed by atoms with E-state index >= 15 is 0 Å². The average Bonchev–Trinajstić information content (AvgIpc) is 3.14. The number of carbonyl (C=O) groups excluding carboxylic acids is 1. The lowest BCUT2D eigenvalue weighted by Crippen LogP contribution is -2.28. The van der Waals surface area contributed by atoms with E-state index in [1.54, 1.807) is 4.57 Å². The molecule has 0 saturated heterocycles. The maximum atomic E-state index is 12.4. The highest BCUT2D eigenvalue weighted by Crippen LogP contribution is 2.22. The third kappa shape index (κ3) is 4.69. The number of thioether (sulfide) groups is 1. The van der Waals surface area contributed by atoms with E-state index in [4.69, 9.17) is 5.41 Å². The zero-order chi connectivity index (χ0) is 21.8. The molecule has 0 unspecified atom stereocenters. The second-order valence-corrected chi connectivity index (χ2v) is 8.28. The summed E-state index contributed by atoms with van der Waals surface area (Å²) < 4.78 is 1.78. The normalized spacial score (nSPS) is 11.0. The van der Waals surface area contributed by atoms with Crippen molar-refractivity contribution >= 4 is 28.7 Å². The molecule has 4 rings (SSSR count). The minimum atomic E-state index is -0.0663. The Morgan fingerprint density at radius 1 is 1.16 bits per heavy atom. The van der Waals surface area contributed by atoms with Crippen molar-refractivity contribution < 1.29 is 4.79 Å². The second kappa shape index (κ2) is 9.18. The Morgan fingerprint density at radius 2 is 1.97 bits per heavy atom. The van der Waals surface area contributed by atoms with Crippen LogP contribution in [0.25, 0.3) is 16.7 Å². The van der Waals surface area contributed by atoms with Crippen LogP contribution in [-0.2, 0) is 11.2 Å². The molecule has 1 amide bonds. The highest BCUT2D eigenvalue weighted by atomic mass is 32.2. The van der Waals surface area contributed by atoms with Crippen molar-refractivity contribution in [1.29, 1.82) is 5.41 Å². The second-order valence-electron chi connectivity index (χ2n) is 7.34. The molecule has 0 spiro atoms. The lowest BCUT2D eigenvalue weighted by molar-refractivity contribution is -0.118. The molecule has 0 aliphatic carbocycles. The number of aromatic nitrogens is 4. The summed E-state index contributed by atoms with van der Waals surface area (Å²) in [5.41, 5.74) is 4.69. The molecule has 4 aromatic rings. The van der Waals surface area contributed by atoms with E-state index in [0.717, 1.165) is 23.4 Å². The molecule has 0 radical (unpaired) electrons. The van der Waals surface area contributed by atoms with Crippen LogP contribution in [0, 0.1) is 19.3 Å². The number of H-pyrrole nitrogens is 1. The zero-order valence-corrected chi connectivity index (χ0v) is 18.3. The minimum Gasteiger partial charge on any atom is -0.355 e. The van der Waals surface area contributed by atoms with Gasteiger partial charge in [-0.1, -0.05) is 54.2 Å². The van der Waals surface area contributed by atoms with E-state index in [9.17, 15) is 4.79 Å². The first-order chi connectivity index (χ1) is 15.0. The number of hydrogen-bond acceptors (Lipinski definition) is 5. The monoisotopic (exact) mass is 432 g/mol. The number of amides is 1. The largest absolute Gasteiger partial charge is 0.355 e. The van der Waals surface area contributed by atoms with Crippen LogP contribution in [0.5, 0.6) is 0 Å². The molecule has 158 valence electrons. The summed E-state index contributed by atoms with van der Waals surface area (Å²) in [6.07, 6.45) is 0.786. The first kappa shape index (κ1) is 20.9. The Morgan fingerprint density at radius 3 is 2.74 bits per heavy atom. The topological polar surface area (TPSA) is 99.4 Å². The van der Waals surface area contributed by atoms with Crippen molar-refractivity contribution in [2.24, 2.45) is 0 Å². The molecule has 0 saturated carbocycles. The van der Waals surface area contributed by atoms with Crippen molar-refractivity contribution in [3.63, 3.8) is 0 Å². The van der Waals surface area contributed by atoms with Gasteiger partial charge in [0.2, 0.25) is 5.91 Å². The number of hydrogen-bond donors (Lipinski definition) is 3. The Bertz CT molecular complexity index is 1280. The van der Waals surface area contributed by atoms with Crippen molar-refractivity contribution in [3.05, 3.63) is 76.9 Å². The van der Waals surface area contributed by atoms with E-state index in [1.165, 1.54) is 17.3 Å². The fourth-order valence-electron chi connectivity index (χ4n) is 3.40. The lowest BCUT2D eigenvalue weighted by Gasteiger charge is -2.14. The molecule has 2 aromatic carbocycles. The number of aromatic amines is 1. The molecule has 0 aliphatic rings. The summed E-state index contributed by atoms with van der Waals surface area (Å²) >= 11 is 1.31. The molecule has 2 aromatic heterocycles. The number of nitrogens with zero attached hydrogens (tertiary/aromatic N) is 3. The maximum absolute atomic E-state index is 12.4. The van der Waals surface area contributed by atoms with E-state index < -0.39 is 0 Å². The van der Waals surface area contributed by atoms with Gasteiger partial charge in [-0.2, -0.15) is 5.10 Å². The van der Waals surface area contributed by atoms with Gasteiger partial charge in [-0.15, -0.1) is 0 Å². The molecule has 0 bridgehead atoms. The number of aryl methyl sites for hydroxylation is 2. The smallest absolute Gasteiger partial charge is 0.230 e. The highest BCUT2D eigenvalue weighted by Gasteiger charge is 2.16. The van der Waals surface area contributed by atoms with Gasteiger partial charge in [0, 0.05) is 17.9 Å². The van der Waals surface area contributed by atoms with Crippen LogP contribution in [0.3, 0.4) is 0 Å². The van der Waals surface area contributed by atoms with Crippen LogP contribution >= 0.6 is 11.8 Å². The number of nitrogens with one attached hydrogen (secondary N) is 3. The van der Waals surface area contributed by atoms with Crippen LogP contribution in [0.15, 0.2) is 59.8 Å². The Kier molecular flexibility index (Phi) is 6.18. The molecule has 0 fully saturated rings. The summed E-state index contributed by atoms with van der Waals surface area (Å²) in [5.74, 6) is 0.144. The van der Waals surface area contributed by atoms with Crippen molar-refractivity contribution in [2.45, 2.75) is 25.4 Å². The summed E-state index contributed by atoms with van der Waals surface area (Å²) in [5, 5.41) is 20.1. The van der Waals surface area contributed by atoms with Gasteiger partial charge < -0.3 is 5.32 Å². The van der Waals surface area contributed by atoms with Crippen molar-refractivity contribution in [3.8, 4) is 5.69 Å². The number of fused-ring (bicyclic) bond motifs is 1. The van der Waals surface area contributed by atoms with E-state index in [-0.39, 0.29) is 11.7 Å². The zero-order valence-electron chi connectivity index (χ0n) is 17.5. The fraction of sp³-hybridized carbons (Fsp3) is 0.217. The van der Waals surface area contributed by atoms with Gasteiger partial charge in [-0.05, 0) is 43.5 Å². The molecular weight excluding hydrogens is 408 g/mol. The van der Waals surface area contributed by atoms with E-state index in [2.05, 4.69) is 20.5 Å². The molecule has 0 atom stereocenters. The quantitative estimate of drug-likeness (QED) is 0.308. The van der Waals surface area contributed by atoms with Gasteiger partial charge in [-0.25, -0.2) is 4.98 Å². The predicted octanol–water partition coefficient (Wildman–Crippen LogP) is 3.30. The van der Waals surface area contributed by atoms with Gasteiger partial charge in [0.15, 0.2) is 10.8 Å². The first-order valence-corrected chi connectivity index (χ1v) is 11.0. The Hall–Kier alpha value is -3.39. The van der Waals surface area contributed by atoms with E-state index in [0.29, 0.717) is 28.2 Å². The minimum absolute atomic E-state index is 0.0663. The number of rotatable bonds is 7. The summed E-state index contributed by atoms with van der Waals surface area (Å²) in [6.45, 7) is 4.47. The first-order valence-electron chi connectivity index (χ1n) is 10.1. The fourth-order valence-corrected chi connectivity index (χ4v) is 4.24. The molecule has 8 heteroatoms. The van der Waals surface area contributed by atoms with Crippen LogP contribution < -0.4 is 10.8 Å². The molecule has 31 heavy (non-hydrogen) atoms. The summed E-state index contributed by atoms with van der Waals surface area (Å²) in [7, 11) is 0. The number of benzene rings is 2. The SMILES string of the molecule is Cc1cccc(-n2c(SCC(=O)NCCc3ccccc3)nc3n[nH]c(C)c3c2=N)c1. The molecule has 3 N–H and O–H groups in total. The van der Waals surface area contributed by atoms with Gasteiger partial charge in [0.05, 0.1) is 11.1 Å². The summed E-state index contributed by atoms with van der Waals surface area (Å²) in [4.78, 5) is 17.1. The van der Waals surface area contributed by atoms with Crippen molar-refractivity contribution in [1.82, 2.24) is 25.1 Å². The van der Waals surface area contributed by atoms with Crippen LogP contribution in [0.1, 0.15) is 16.8 Å². The van der Waals surface area contributed by atoms with Gasteiger partial charge in [-0.3, -0.25) is 19.9 Å². The van der Waals surface area contributed by atoms with Gasteiger partial charge in [0.25, 0.3) is 0 Å². The average molecular weight is 433 g/mol. The van der Waals surface area contributed by atoms with Gasteiger partial charge >= 0.3 is 0 Å². The Balaban J connectivity index is 1.54. The maximum Gasteiger partial charge on any atom is 0.230 e. The van der Waals surface area contributed by atoms with Crippen LogP contribution in [0.4, 0.5) is 0 Å². The summed E-state index contributed by atoms with van der Waals surface area (Å²) in [6, 6.07) is 18.0. The third-order valence-corrected chi connectivity index (χ3v) is 5.89. The number of carbonyl (C=O) groups is 1. The van der Waals surface area contributed by atoms with E-state index in [1.807, 2.05) is 68.4 Å². The van der Waals surface area contributed by atoms with Gasteiger partial charge in [0.1, 0.15) is 5.49 Å². The molecular formula is C23H24N6OS. The van der Waals surface area contributed by atoms with Crippen LogP contribution in [0.2, 0.25) is 0 Å². The third-order valence-electron chi connectivity index (χ3n) is 4.95. The lowest BCUT2D eigenvalue weighted by atomic mass is 10.1. The Labute approximate surface area is 184 Å².